The monoisotopic (exact) mass is 152 g/mol. The van der Waals surface area contributed by atoms with Crippen LogP contribution in [-0.2, 0) is 4.74 Å². The third-order valence-electron chi connectivity index (χ3n) is 1.45. The summed E-state index contributed by atoms with van der Waals surface area (Å²) in [6.07, 6.45) is 2.62. The lowest BCUT2D eigenvalue weighted by Crippen LogP contribution is -2.12. The van der Waals surface area contributed by atoms with Gasteiger partial charge in [0.25, 0.3) is 0 Å². The van der Waals surface area contributed by atoms with E-state index in [2.05, 4.69) is 23.6 Å². The van der Waals surface area contributed by atoms with E-state index >= 15 is 0 Å². The van der Waals surface area contributed by atoms with Crippen LogP contribution < -0.4 is 5.32 Å². The zero-order chi connectivity index (χ0) is 8.10. The number of ether oxygens (including phenoxy) is 1. The quantitative estimate of drug-likeness (QED) is 0.600. The van der Waals surface area contributed by atoms with E-state index in [9.17, 15) is 0 Å². The van der Waals surface area contributed by atoms with Crippen LogP contribution >= 0.6 is 0 Å². The van der Waals surface area contributed by atoms with Crippen LogP contribution in [0.4, 0.5) is 0 Å². The maximum absolute atomic E-state index is 5.32. The molecule has 0 aromatic heterocycles. The minimum Gasteiger partial charge on any atom is -0.490 e. The van der Waals surface area contributed by atoms with Gasteiger partial charge in [-0.1, -0.05) is 6.58 Å². The first kappa shape index (κ1) is 7.85. The van der Waals surface area contributed by atoms with Gasteiger partial charge in [-0.2, -0.15) is 0 Å². The zero-order valence-corrected chi connectivity index (χ0v) is 6.47. The van der Waals surface area contributed by atoms with Crippen LogP contribution in [-0.4, -0.2) is 19.9 Å². The molecule has 0 saturated heterocycles. The first-order valence-electron chi connectivity index (χ1n) is 3.58. The van der Waals surface area contributed by atoms with E-state index in [1.807, 2.05) is 0 Å². The molecule has 1 rings (SSSR count). The van der Waals surface area contributed by atoms with Gasteiger partial charge in [0.15, 0.2) is 11.6 Å². The number of nitrogens with one attached hydrogen (secondary N) is 1. The maximum atomic E-state index is 5.32. The fourth-order valence-electron chi connectivity index (χ4n) is 0.906. The van der Waals surface area contributed by atoms with Crippen molar-refractivity contribution in [3.63, 3.8) is 0 Å². The Labute approximate surface area is 66.5 Å². The number of hydrogen-bond acceptors (Lipinski definition) is 3. The molecule has 1 heterocycles. The summed E-state index contributed by atoms with van der Waals surface area (Å²) in [6, 6.07) is 0. The third-order valence-corrected chi connectivity index (χ3v) is 1.45. The van der Waals surface area contributed by atoms with Gasteiger partial charge >= 0.3 is 0 Å². The van der Waals surface area contributed by atoms with Crippen molar-refractivity contribution >= 4 is 6.72 Å². The molecule has 0 aromatic rings. The van der Waals surface area contributed by atoms with Crippen LogP contribution in [0.5, 0.6) is 0 Å². The second-order valence-electron chi connectivity index (χ2n) is 2.20. The van der Waals surface area contributed by atoms with Gasteiger partial charge < -0.3 is 10.1 Å². The van der Waals surface area contributed by atoms with E-state index < -0.39 is 0 Å². The van der Waals surface area contributed by atoms with E-state index in [4.69, 9.17) is 4.74 Å². The predicted molar refractivity (Wildman–Crippen MR) is 45.3 cm³/mol. The standard InChI is InChI=1S/C8H12N2O/c1-3-7-8(9-2)10-5-4-6-11-7/h3,10H,1-2,4-6H2. The molecule has 0 unspecified atom stereocenters. The Morgan fingerprint density at radius 2 is 2.45 bits per heavy atom. The summed E-state index contributed by atoms with van der Waals surface area (Å²) in [7, 11) is 0. The topological polar surface area (TPSA) is 33.6 Å². The molecule has 1 N–H and O–H groups in total. The Hall–Kier alpha value is -1.25. The SMILES string of the molecule is C=CC1=C(N=C)NCCCO1. The molecular formula is C8H12N2O. The van der Waals surface area contributed by atoms with E-state index in [1.54, 1.807) is 6.08 Å². The van der Waals surface area contributed by atoms with E-state index in [0.29, 0.717) is 18.2 Å². The fraction of sp³-hybridized carbons (Fsp3) is 0.375. The van der Waals surface area contributed by atoms with Crippen molar-refractivity contribution in [1.82, 2.24) is 5.32 Å². The molecule has 0 bridgehead atoms. The molecule has 0 saturated carbocycles. The molecule has 0 amide bonds. The fourth-order valence-corrected chi connectivity index (χ4v) is 0.906. The summed E-state index contributed by atoms with van der Waals surface area (Å²) in [5, 5.41) is 3.09. The lowest BCUT2D eigenvalue weighted by atomic mass is 10.4. The molecule has 0 fully saturated rings. The van der Waals surface area contributed by atoms with Gasteiger partial charge in [0.1, 0.15) is 0 Å². The van der Waals surface area contributed by atoms with E-state index in [0.717, 1.165) is 13.0 Å². The second-order valence-corrected chi connectivity index (χ2v) is 2.20. The normalized spacial score (nSPS) is 17.8. The molecular weight excluding hydrogens is 140 g/mol. The van der Waals surface area contributed by atoms with Crippen molar-refractivity contribution in [1.29, 1.82) is 0 Å². The average Bonchev–Trinajstić information content (AvgIpc) is 2.27. The number of nitrogens with zero attached hydrogens (tertiary/aromatic N) is 1. The van der Waals surface area contributed by atoms with Gasteiger partial charge in [-0.25, -0.2) is 4.99 Å². The van der Waals surface area contributed by atoms with Crippen molar-refractivity contribution in [2.24, 2.45) is 4.99 Å². The van der Waals surface area contributed by atoms with Crippen molar-refractivity contribution in [3.05, 3.63) is 24.2 Å². The molecule has 1 aliphatic heterocycles. The highest BCUT2D eigenvalue weighted by atomic mass is 16.5. The number of hydrogen-bond donors (Lipinski definition) is 1. The lowest BCUT2D eigenvalue weighted by molar-refractivity contribution is 0.226. The Balaban J connectivity index is 2.79. The molecule has 3 heteroatoms. The van der Waals surface area contributed by atoms with Crippen LogP contribution in [0.1, 0.15) is 6.42 Å². The minimum atomic E-state index is 0.692. The summed E-state index contributed by atoms with van der Waals surface area (Å²) in [4.78, 5) is 3.78. The summed E-state index contributed by atoms with van der Waals surface area (Å²) < 4.78 is 5.32. The Kier molecular flexibility index (Phi) is 2.72. The minimum absolute atomic E-state index is 0.692. The van der Waals surface area contributed by atoms with Gasteiger partial charge in [0.05, 0.1) is 6.61 Å². The summed E-state index contributed by atoms with van der Waals surface area (Å²) in [5.74, 6) is 1.38. The van der Waals surface area contributed by atoms with Crippen LogP contribution in [0.3, 0.4) is 0 Å². The largest absolute Gasteiger partial charge is 0.490 e. The Morgan fingerprint density at radius 1 is 1.64 bits per heavy atom. The smallest absolute Gasteiger partial charge is 0.168 e. The van der Waals surface area contributed by atoms with Gasteiger partial charge in [-0.3, -0.25) is 0 Å². The van der Waals surface area contributed by atoms with Crippen molar-refractivity contribution < 1.29 is 4.74 Å². The third kappa shape index (κ3) is 1.83. The molecule has 0 aromatic carbocycles. The molecule has 0 aliphatic carbocycles. The van der Waals surface area contributed by atoms with Crippen molar-refractivity contribution in [3.8, 4) is 0 Å². The number of aliphatic imine (C=N–C) groups is 1. The molecule has 1 aliphatic rings. The first-order chi connectivity index (χ1) is 5.38. The van der Waals surface area contributed by atoms with Crippen molar-refractivity contribution in [2.75, 3.05) is 13.2 Å². The Morgan fingerprint density at radius 3 is 3.09 bits per heavy atom. The van der Waals surface area contributed by atoms with Crippen molar-refractivity contribution in [2.45, 2.75) is 6.42 Å². The maximum Gasteiger partial charge on any atom is 0.168 e. The van der Waals surface area contributed by atoms with Gasteiger partial charge in [0.2, 0.25) is 0 Å². The molecule has 11 heavy (non-hydrogen) atoms. The van der Waals surface area contributed by atoms with Crippen LogP contribution in [0.2, 0.25) is 0 Å². The summed E-state index contributed by atoms with van der Waals surface area (Å²) in [5.41, 5.74) is 0. The highest BCUT2D eigenvalue weighted by Gasteiger charge is 2.06. The summed E-state index contributed by atoms with van der Waals surface area (Å²) in [6.45, 7) is 8.64. The number of rotatable bonds is 2. The highest BCUT2D eigenvalue weighted by molar-refractivity contribution is 5.31. The number of allylic oxidation sites excluding steroid dienone is 1. The lowest BCUT2D eigenvalue weighted by Gasteiger charge is -2.04. The van der Waals surface area contributed by atoms with Crippen LogP contribution in [0.25, 0.3) is 0 Å². The highest BCUT2D eigenvalue weighted by Crippen LogP contribution is 2.09. The van der Waals surface area contributed by atoms with Crippen LogP contribution in [0.15, 0.2) is 29.2 Å². The molecule has 60 valence electrons. The van der Waals surface area contributed by atoms with Gasteiger partial charge in [-0.05, 0) is 19.2 Å². The molecule has 0 spiro atoms. The first-order valence-corrected chi connectivity index (χ1v) is 3.58. The summed E-state index contributed by atoms with van der Waals surface area (Å²) >= 11 is 0. The molecule has 0 atom stereocenters. The molecule has 0 radical (unpaired) electrons. The Bertz CT molecular complexity index is 176. The predicted octanol–water partition coefficient (Wildman–Crippen LogP) is 1.05. The van der Waals surface area contributed by atoms with Gasteiger partial charge in [-0.15, -0.1) is 0 Å². The van der Waals surface area contributed by atoms with Gasteiger partial charge in [0, 0.05) is 6.54 Å². The van der Waals surface area contributed by atoms with E-state index in [1.165, 1.54) is 0 Å². The second kappa shape index (κ2) is 3.81. The molecule has 3 nitrogen and oxygen atoms in total. The van der Waals surface area contributed by atoms with E-state index in [-0.39, 0.29) is 0 Å². The van der Waals surface area contributed by atoms with Crippen LogP contribution in [0, 0.1) is 0 Å². The zero-order valence-electron chi connectivity index (χ0n) is 6.47. The average molecular weight is 152 g/mol.